The fourth-order valence-corrected chi connectivity index (χ4v) is 1.87. The molecular formula is C11H12N4S. The average molecular weight is 232 g/mol. The van der Waals surface area contributed by atoms with Gasteiger partial charge >= 0.3 is 0 Å². The standard InChI is InChI=1S/C11H12N4S/c1-15-11(12-13-14-15)16-9-5-8-10-6-3-2-4-7-10/h2-8H,9H2,1H3/b8-5+. The zero-order chi connectivity index (χ0) is 11.2. The number of hydrogen-bond donors (Lipinski definition) is 0. The molecule has 0 radical (unpaired) electrons. The van der Waals surface area contributed by atoms with Gasteiger partial charge in [0.25, 0.3) is 0 Å². The molecule has 0 saturated heterocycles. The number of hydrogen-bond acceptors (Lipinski definition) is 4. The molecule has 0 aliphatic rings. The van der Waals surface area contributed by atoms with Crippen molar-refractivity contribution in [2.24, 2.45) is 7.05 Å². The van der Waals surface area contributed by atoms with Gasteiger partial charge in [-0.2, -0.15) is 0 Å². The van der Waals surface area contributed by atoms with Crippen LogP contribution in [0.3, 0.4) is 0 Å². The summed E-state index contributed by atoms with van der Waals surface area (Å²) in [5.74, 6) is 0.864. The lowest BCUT2D eigenvalue weighted by Gasteiger charge is -1.94. The third-order valence-corrected chi connectivity index (χ3v) is 2.96. The van der Waals surface area contributed by atoms with E-state index < -0.39 is 0 Å². The van der Waals surface area contributed by atoms with E-state index in [2.05, 4.69) is 39.8 Å². The number of tetrazole rings is 1. The molecule has 0 amide bonds. The molecule has 1 aromatic heterocycles. The van der Waals surface area contributed by atoms with Crippen LogP contribution in [0, 0.1) is 0 Å². The molecule has 0 N–H and O–H groups in total. The predicted octanol–water partition coefficient (Wildman–Crippen LogP) is 2.02. The molecule has 82 valence electrons. The van der Waals surface area contributed by atoms with Gasteiger partial charge in [-0.05, 0) is 16.0 Å². The zero-order valence-electron chi connectivity index (χ0n) is 8.95. The van der Waals surface area contributed by atoms with Crippen LogP contribution in [-0.2, 0) is 7.05 Å². The van der Waals surface area contributed by atoms with Crippen LogP contribution >= 0.6 is 11.8 Å². The highest BCUT2D eigenvalue weighted by molar-refractivity contribution is 7.99. The Labute approximate surface area is 98.4 Å². The fraction of sp³-hybridized carbons (Fsp3) is 0.182. The first-order valence-corrected chi connectivity index (χ1v) is 5.91. The van der Waals surface area contributed by atoms with Crippen molar-refractivity contribution in [1.29, 1.82) is 0 Å². The lowest BCUT2D eigenvalue weighted by atomic mass is 10.2. The Hall–Kier alpha value is -1.62. The molecule has 4 nitrogen and oxygen atoms in total. The Bertz CT molecular complexity index is 464. The van der Waals surface area contributed by atoms with Gasteiger partial charge in [0.05, 0.1) is 0 Å². The molecule has 2 rings (SSSR count). The second-order valence-corrected chi connectivity index (χ2v) is 4.20. The number of aromatic nitrogens is 4. The van der Waals surface area contributed by atoms with E-state index >= 15 is 0 Å². The van der Waals surface area contributed by atoms with Crippen molar-refractivity contribution in [2.45, 2.75) is 5.16 Å². The molecule has 0 bridgehead atoms. The van der Waals surface area contributed by atoms with Gasteiger partial charge < -0.3 is 0 Å². The second kappa shape index (κ2) is 5.46. The maximum Gasteiger partial charge on any atom is 0.209 e. The van der Waals surface area contributed by atoms with E-state index in [4.69, 9.17) is 0 Å². The maximum absolute atomic E-state index is 3.89. The van der Waals surface area contributed by atoms with Crippen molar-refractivity contribution in [1.82, 2.24) is 20.2 Å². The van der Waals surface area contributed by atoms with E-state index in [0.29, 0.717) is 0 Å². The second-order valence-electron chi connectivity index (χ2n) is 3.21. The molecule has 0 fully saturated rings. The van der Waals surface area contributed by atoms with Crippen LogP contribution in [0.2, 0.25) is 0 Å². The summed E-state index contributed by atoms with van der Waals surface area (Å²) in [4.78, 5) is 0. The molecule has 0 aliphatic heterocycles. The molecule has 0 spiro atoms. The first kappa shape index (κ1) is 10.9. The summed E-state index contributed by atoms with van der Waals surface area (Å²) in [5, 5.41) is 12.1. The molecule has 5 heteroatoms. The molecular weight excluding hydrogens is 220 g/mol. The largest absolute Gasteiger partial charge is 0.224 e. The lowest BCUT2D eigenvalue weighted by molar-refractivity contribution is 0.665. The lowest BCUT2D eigenvalue weighted by Crippen LogP contribution is -1.92. The van der Waals surface area contributed by atoms with E-state index in [-0.39, 0.29) is 0 Å². The van der Waals surface area contributed by atoms with Crippen LogP contribution in [0.1, 0.15) is 5.56 Å². The van der Waals surface area contributed by atoms with Crippen molar-refractivity contribution in [3.8, 4) is 0 Å². The molecule has 1 aromatic carbocycles. The minimum absolute atomic E-state index is 0.831. The van der Waals surface area contributed by atoms with Crippen molar-refractivity contribution < 1.29 is 0 Å². The summed E-state index contributed by atoms with van der Waals surface area (Å²) in [6, 6.07) is 10.2. The Morgan fingerprint density at radius 3 is 2.81 bits per heavy atom. The minimum Gasteiger partial charge on any atom is -0.224 e. The predicted molar refractivity (Wildman–Crippen MR) is 65.0 cm³/mol. The Morgan fingerprint density at radius 2 is 2.12 bits per heavy atom. The average Bonchev–Trinajstić information content (AvgIpc) is 2.72. The van der Waals surface area contributed by atoms with Gasteiger partial charge in [-0.1, -0.05) is 54.2 Å². The quantitative estimate of drug-likeness (QED) is 0.756. The highest BCUT2D eigenvalue weighted by Gasteiger charge is 1.99. The molecule has 2 aromatic rings. The monoisotopic (exact) mass is 232 g/mol. The van der Waals surface area contributed by atoms with Crippen LogP contribution in [0.15, 0.2) is 41.6 Å². The first-order chi connectivity index (χ1) is 7.86. The Balaban J connectivity index is 1.85. The summed E-state index contributed by atoms with van der Waals surface area (Å²) in [6.45, 7) is 0. The molecule has 0 unspecified atom stereocenters. The van der Waals surface area contributed by atoms with Crippen LogP contribution < -0.4 is 0 Å². The smallest absolute Gasteiger partial charge is 0.209 e. The molecule has 16 heavy (non-hydrogen) atoms. The molecule has 0 aliphatic carbocycles. The number of thioether (sulfide) groups is 1. The Morgan fingerprint density at radius 1 is 1.31 bits per heavy atom. The normalized spacial score (nSPS) is 11.1. The summed E-state index contributed by atoms with van der Waals surface area (Å²) in [7, 11) is 1.84. The van der Waals surface area contributed by atoms with Gasteiger partial charge in [0.1, 0.15) is 0 Å². The van der Waals surface area contributed by atoms with Crippen molar-refractivity contribution in [2.75, 3.05) is 5.75 Å². The topological polar surface area (TPSA) is 43.6 Å². The van der Waals surface area contributed by atoms with Gasteiger partial charge in [0.15, 0.2) is 0 Å². The van der Waals surface area contributed by atoms with Gasteiger partial charge in [-0.3, -0.25) is 0 Å². The van der Waals surface area contributed by atoms with E-state index in [1.165, 1.54) is 5.56 Å². The SMILES string of the molecule is Cn1nnnc1SC/C=C/c1ccccc1. The van der Waals surface area contributed by atoms with Crippen LogP contribution in [-0.4, -0.2) is 26.0 Å². The van der Waals surface area contributed by atoms with E-state index in [1.807, 2.05) is 25.2 Å². The van der Waals surface area contributed by atoms with Gasteiger partial charge in [0.2, 0.25) is 5.16 Å². The maximum atomic E-state index is 3.89. The Kier molecular flexibility index (Phi) is 3.71. The zero-order valence-corrected chi connectivity index (χ0v) is 9.76. The third-order valence-electron chi connectivity index (χ3n) is 2.00. The van der Waals surface area contributed by atoms with Crippen LogP contribution in [0.25, 0.3) is 6.08 Å². The fourth-order valence-electron chi connectivity index (χ4n) is 1.21. The summed E-state index contributed by atoms with van der Waals surface area (Å²) in [5.41, 5.74) is 1.21. The molecule has 1 heterocycles. The molecule has 0 saturated carbocycles. The summed E-state index contributed by atoms with van der Waals surface area (Å²) < 4.78 is 1.67. The minimum atomic E-state index is 0.831. The number of benzene rings is 1. The van der Waals surface area contributed by atoms with Crippen molar-refractivity contribution in [3.63, 3.8) is 0 Å². The molecule has 0 atom stereocenters. The summed E-state index contributed by atoms with van der Waals surface area (Å²) in [6.07, 6.45) is 4.20. The number of aryl methyl sites for hydroxylation is 1. The number of nitrogens with zero attached hydrogens (tertiary/aromatic N) is 4. The van der Waals surface area contributed by atoms with E-state index in [1.54, 1.807) is 16.4 Å². The first-order valence-electron chi connectivity index (χ1n) is 4.93. The van der Waals surface area contributed by atoms with E-state index in [9.17, 15) is 0 Å². The van der Waals surface area contributed by atoms with Crippen LogP contribution in [0.4, 0.5) is 0 Å². The van der Waals surface area contributed by atoms with Crippen molar-refractivity contribution in [3.05, 3.63) is 42.0 Å². The third kappa shape index (κ3) is 2.93. The van der Waals surface area contributed by atoms with Crippen LogP contribution in [0.5, 0.6) is 0 Å². The van der Waals surface area contributed by atoms with Gasteiger partial charge in [0, 0.05) is 12.8 Å². The highest BCUT2D eigenvalue weighted by Crippen LogP contribution is 2.12. The summed E-state index contributed by atoms with van der Waals surface area (Å²) >= 11 is 1.61. The van der Waals surface area contributed by atoms with Crippen molar-refractivity contribution >= 4 is 17.8 Å². The van der Waals surface area contributed by atoms with Gasteiger partial charge in [-0.25, -0.2) is 4.68 Å². The van der Waals surface area contributed by atoms with E-state index in [0.717, 1.165) is 10.9 Å². The highest BCUT2D eigenvalue weighted by atomic mass is 32.2. The number of rotatable bonds is 4. The van der Waals surface area contributed by atoms with Gasteiger partial charge in [-0.15, -0.1) is 5.10 Å².